The average molecular weight is 439 g/mol. The molecule has 1 amide bonds. The monoisotopic (exact) mass is 437 g/mol. The lowest BCUT2D eigenvalue weighted by molar-refractivity contribution is 0.102. The van der Waals surface area contributed by atoms with Gasteiger partial charge in [-0.15, -0.1) is 11.6 Å². The maximum atomic E-state index is 12.4. The molecule has 140 valence electrons. The predicted molar refractivity (Wildman–Crippen MR) is 114 cm³/mol. The molecule has 0 saturated carbocycles. The molecule has 0 aromatic heterocycles. The van der Waals surface area contributed by atoms with Crippen molar-refractivity contribution in [1.82, 2.24) is 4.90 Å². The van der Waals surface area contributed by atoms with E-state index in [0.29, 0.717) is 11.6 Å². The Kier molecular flexibility index (Phi) is 8.42. The van der Waals surface area contributed by atoms with Gasteiger partial charge in [-0.3, -0.25) is 4.79 Å². The van der Waals surface area contributed by atoms with Crippen LogP contribution in [-0.4, -0.2) is 43.4 Å². The Balaban J connectivity index is 0.00000117. The second kappa shape index (κ2) is 10.6. The highest BCUT2D eigenvalue weighted by Gasteiger charge is 2.16. The number of carbonyl (C=O) groups is 1. The van der Waals surface area contributed by atoms with Crippen molar-refractivity contribution < 1.29 is 4.79 Å². The van der Waals surface area contributed by atoms with E-state index >= 15 is 0 Å². The molecular formula is C20H25BrClN3O. The third-order valence-electron chi connectivity index (χ3n) is 4.33. The third kappa shape index (κ3) is 6.01. The lowest BCUT2D eigenvalue weighted by Crippen LogP contribution is -2.36. The minimum Gasteiger partial charge on any atom is -0.382 e. The van der Waals surface area contributed by atoms with E-state index in [2.05, 4.69) is 50.1 Å². The van der Waals surface area contributed by atoms with Crippen LogP contribution in [0.15, 0.2) is 53.0 Å². The summed E-state index contributed by atoms with van der Waals surface area (Å²) in [6.07, 6.45) is 3.76. The van der Waals surface area contributed by atoms with E-state index in [1.807, 2.05) is 42.5 Å². The van der Waals surface area contributed by atoms with Crippen LogP contribution in [-0.2, 0) is 0 Å². The van der Waals surface area contributed by atoms with E-state index in [9.17, 15) is 4.79 Å². The van der Waals surface area contributed by atoms with E-state index in [0.717, 1.165) is 41.8 Å². The highest BCUT2D eigenvalue weighted by Crippen LogP contribution is 2.21. The van der Waals surface area contributed by atoms with Crippen molar-refractivity contribution in [1.29, 1.82) is 0 Å². The summed E-state index contributed by atoms with van der Waals surface area (Å²) in [5.41, 5.74) is 2.48. The van der Waals surface area contributed by atoms with Crippen LogP contribution >= 0.6 is 27.5 Å². The first kappa shape index (κ1) is 20.7. The van der Waals surface area contributed by atoms with Gasteiger partial charge in [0.25, 0.3) is 5.91 Å². The van der Waals surface area contributed by atoms with Gasteiger partial charge in [-0.1, -0.05) is 18.2 Å². The van der Waals surface area contributed by atoms with Crippen LogP contribution in [0.3, 0.4) is 0 Å². The van der Waals surface area contributed by atoms with Gasteiger partial charge in [0, 0.05) is 28.3 Å². The Morgan fingerprint density at radius 2 is 1.73 bits per heavy atom. The predicted octanol–water partition coefficient (Wildman–Crippen LogP) is 5.06. The van der Waals surface area contributed by atoms with Crippen LogP contribution in [0, 0.1) is 0 Å². The van der Waals surface area contributed by atoms with Gasteiger partial charge in [0.1, 0.15) is 0 Å². The summed E-state index contributed by atoms with van der Waals surface area (Å²) in [6, 6.07) is 15.8. The molecule has 26 heavy (non-hydrogen) atoms. The van der Waals surface area contributed by atoms with Crippen molar-refractivity contribution in [2.75, 3.05) is 37.2 Å². The van der Waals surface area contributed by atoms with Crippen molar-refractivity contribution in [2.24, 2.45) is 0 Å². The molecule has 0 bridgehead atoms. The van der Waals surface area contributed by atoms with Crippen LogP contribution in [0.1, 0.15) is 23.2 Å². The zero-order valence-corrected chi connectivity index (χ0v) is 17.5. The van der Waals surface area contributed by atoms with E-state index in [4.69, 9.17) is 0 Å². The van der Waals surface area contributed by atoms with Crippen LogP contribution in [0.25, 0.3) is 0 Å². The van der Waals surface area contributed by atoms with Crippen molar-refractivity contribution in [2.45, 2.75) is 18.9 Å². The number of nitrogens with one attached hydrogen (secondary N) is 2. The average Bonchev–Trinajstić information content (AvgIpc) is 2.66. The van der Waals surface area contributed by atoms with Gasteiger partial charge in [0.05, 0.1) is 5.56 Å². The molecule has 0 spiro atoms. The number of anilines is 2. The highest BCUT2D eigenvalue weighted by atomic mass is 79.9. The molecule has 0 unspecified atom stereocenters. The standard InChI is InChI=1S/C19H22BrN3O.CH3Cl/c1-23-11-9-14(10-12-23)21-15-5-4-6-16(13-15)22-19(24)17-7-2-3-8-18(17)20;1-2/h2-8,13-14,21H,9-12H2,1H3,(H,22,24);1H3. The number of rotatable bonds is 4. The number of benzene rings is 2. The molecular weight excluding hydrogens is 414 g/mol. The first-order chi connectivity index (χ1) is 12.6. The summed E-state index contributed by atoms with van der Waals surface area (Å²) < 4.78 is 0.795. The van der Waals surface area contributed by atoms with Crippen molar-refractivity contribution in [3.63, 3.8) is 0 Å². The lowest BCUT2D eigenvalue weighted by Gasteiger charge is -2.30. The van der Waals surface area contributed by atoms with Gasteiger partial charge in [0.2, 0.25) is 0 Å². The molecule has 0 radical (unpaired) electrons. The lowest BCUT2D eigenvalue weighted by atomic mass is 10.1. The zero-order valence-electron chi connectivity index (χ0n) is 15.1. The van der Waals surface area contributed by atoms with Crippen LogP contribution in [0.2, 0.25) is 0 Å². The molecule has 1 heterocycles. The van der Waals surface area contributed by atoms with E-state index in [1.165, 1.54) is 6.38 Å². The fourth-order valence-corrected chi connectivity index (χ4v) is 3.38. The summed E-state index contributed by atoms with van der Waals surface area (Å²) in [4.78, 5) is 14.8. The fraction of sp³-hybridized carbons (Fsp3) is 0.350. The van der Waals surface area contributed by atoms with E-state index in [1.54, 1.807) is 6.07 Å². The number of hydrogen-bond acceptors (Lipinski definition) is 3. The minimum absolute atomic E-state index is 0.112. The van der Waals surface area contributed by atoms with Crippen LogP contribution in [0.4, 0.5) is 11.4 Å². The molecule has 1 aliphatic rings. The quantitative estimate of drug-likeness (QED) is 0.656. The smallest absolute Gasteiger partial charge is 0.256 e. The fourth-order valence-electron chi connectivity index (χ4n) is 2.92. The van der Waals surface area contributed by atoms with Gasteiger partial charge in [-0.25, -0.2) is 0 Å². The Labute approximate surface area is 169 Å². The molecule has 2 aromatic carbocycles. The van der Waals surface area contributed by atoms with Crippen LogP contribution < -0.4 is 10.6 Å². The first-order valence-electron chi connectivity index (χ1n) is 8.60. The van der Waals surface area contributed by atoms with Crippen molar-refractivity contribution in [3.8, 4) is 0 Å². The number of alkyl halides is 1. The van der Waals surface area contributed by atoms with E-state index in [-0.39, 0.29) is 5.91 Å². The maximum Gasteiger partial charge on any atom is 0.256 e. The summed E-state index contributed by atoms with van der Waals surface area (Å²) in [5, 5.41) is 6.55. The van der Waals surface area contributed by atoms with Gasteiger partial charge >= 0.3 is 0 Å². The number of carbonyl (C=O) groups excluding carboxylic acids is 1. The molecule has 0 atom stereocenters. The Morgan fingerprint density at radius 3 is 2.42 bits per heavy atom. The zero-order chi connectivity index (χ0) is 18.9. The number of piperidine rings is 1. The van der Waals surface area contributed by atoms with Gasteiger partial charge < -0.3 is 15.5 Å². The maximum absolute atomic E-state index is 12.4. The van der Waals surface area contributed by atoms with Crippen molar-refractivity contribution >= 4 is 44.8 Å². The molecule has 0 aliphatic carbocycles. The van der Waals surface area contributed by atoms with E-state index < -0.39 is 0 Å². The second-order valence-electron chi connectivity index (χ2n) is 6.24. The molecule has 1 fully saturated rings. The SMILES string of the molecule is CCl.CN1CCC(Nc2cccc(NC(=O)c3ccccc3Br)c2)CC1. The number of halogens is 2. The topological polar surface area (TPSA) is 44.4 Å². The van der Waals surface area contributed by atoms with Crippen molar-refractivity contribution in [3.05, 3.63) is 58.6 Å². The highest BCUT2D eigenvalue weighted by molar-refractivity contribution is 9.10. The molecule has 2 N–H and O–H groups in total. The largest absolute Gasteiger partial charge is 0.382 e. The first-order valence-corrected chi connectivity index (χ1v) is 10.2. The molecule has 2 aromatic rings. The summed E-state index contributed by atoms with van der Waals surface area (Å²) in [7, 11) is 2.16. The Hall–Kier alpha value is -1.56. The summed E-state index contributed by atoms with van der Waals surface area (Å²) in [6.45, 7) is 2.24. The molecule has 1 saturated heterocycles. The Morgan fingerprint density at radius 1 is 1.08 bits per heavy atom. The summed E-state index contributed by atoms with van der Waals surface area (Å²) in [5.74, 6) is -0.112. The molecule has 6 heteroatoms. The second-order valence-corrected chi connectivity index (χ2v) is 7.09. The molecule has 3 rings (SSSR count). The molecule has 4 nitrogen and oxygen atoms in total. The van der Waals surface area contributed by atoms with Gasteiger partial charge in [-0.05, 0) is 79.2 Å². The summed E-state index contributed by atoms with van der Waals surface area (Å²) >= 11 is 8.06. The Bertz CT molecular complexity index is 718. The number of hydrogen-bond donors (Lipinski definition) is 2. The van der Waals surface area contributed by atoms with Gasteiger partial charge in [0.15, 0.2) is 0 Å². The van der Waals surface area contributed by atoms with Gasteiger partial charge in [-0.2, -0.15) is 0 Å². The number of likely N-dealkylation sites (tertiary alicyclic amines) is 1. The molecule has 1 aliphatic heterocycles. The number of nitrogens with zero attached hydrogens (tertiary/aromatic N) is 1. The normalized spacial score (nSPS) is 14.9. The minimum atomic E-state index is -0.112. The number of amides is 1. The third-order valence-corrected chi connectivity index (χ3v) is 5.02. The van der Waals surface area contributed by atoms with Crippen LogP contribution in [0.5, 0.6) is 0 Å².